The first kappa shape index (κ1) is 10.1. The molecule has 0 amide bonds. The number of halogens is 1. The molecule has 0 aliphatic carbocycles. The van der Waals surface area contributed by atoms with Crippen molar-refractivity contribution in [2.24, 2.45) is 0 Å². The lowest BCUT2D eigenvalue weighted by molar-refractivity contribution is -0.382. The van der Waals surface area contributed by atoms with Crippen LogP contribution in [0.1, 0.15) is 25.5 Å². The molecule has 0 radical (unpaired) electrons. The van der Waals surface area contributed by atoms with Crippen LogP contribution in [-0.4, -0.2) is 25.1 Å². The van der Waals surface area contributed by atoms with E-state index in [-0.39, 0.29) is 11.6 Å². The maximum atomic E-state index is 13.0. The molecule has 1 aromatic rings. The van der Waals surface area contributed by atoms with Gasteiger partial charge in [0.25, 0.3) is 0 Å². The van der Waals surface area contributed by atoms with Crippen LogP contribution in [0.4, 0.5) is 4.39 Å². The second-order valence-corrected chi connectivity index (χ2v) is 3.04. The highest BCUT2D eigenvalue weighted by molar-refractivity contribution is 5.09. The minimum Gasteiger partial charge on any atom is -0.324 e. The zero-order valence-electron chi connectivity index (χ0n) is 7.27. The monoisotopic (exact) mass is 190 g/mol. The Morgan fingerprint density at radius 1 is 1.46 bits per heavy atom. The van der Waals surface area contributed by atoms with Crippen molar-refractivity contribution >= 4 is 0 Å². The summed E-state index contributed by atoms with van der Waals surface area (Å²) >= 11 is 0. The zero-order chi connectivity index (χ0) is 10.2. The Kier molecular flexibility index (Phi) is 2.38. The Morgan fingerprint density at radius 2 is 2.00 bits per heavy atom. The van der Waals surface area contributed by atoms with E-state index < -0.39 is 11.9 Å². The third kappa shape index (κ3) is 1.85. The number of nitrogens with zero attached hydrogens (tertiary/aromatic N) is 2. The van der Waals surface area contributed by atoms with Gasteiger partial charge in [0, 0.05) is 0 Å². The summed E-state index contributed by atoms with van der Waals surface area (Å²) in [6, 6.07) is 0. The van der Waals surface area contributed by atoms with E-state index in [2.05, 4.69) is 5.10 Å². The lowest BCUT2D eigenvalue weighted by atomic mass is 10.1. The molecule has 1 heterocycles. The smallest absolute Gasteiger partial charge is 0.324 e. The Morgan fingerprint density at radius 3 is 2.31 bits per heavy atom. The van der Waals surface area contributed by atoms with Gasteiger partial charge in [-0.2, -0.15) is 9.78 Å². The number of rotatable bonds is 2. The highest BCUT2D eigenvalue weighted by Crippen LogP contribution is 2.20. The van der Waals surface area contributed by atoms with E-state index in [0.717, 1.165) is 6.20 Å². The highest BCUT2D eigenvalue weighted by atomic mass is 19.1. The summed E-state index contributed by atoms with van der Waals surface area (Å²) in [7, 11) is 0. The largest absolute Gasteiger partial charge is 0.389 e. The summed E-state index contributed by atoms with van der Waals surface area (Å²) in [6.07, 6.45) is -2.34. The van der Waals surface area contributed by atoms with Crippen LogP contribution in [-0.2, 0) is 6.10 Å². The van der Waals surface area contributed by atoms with Gasteiger partial charge in [0.2, 0.25) is 0 Å². The third-order valence-corrected chi connectivity index (χ3v) is 1.59. The molecule has 6 heteroatoms. The molecule has 0 spiro atoms. The van der Waals surface area contributed by atoms with Crippen molar-refractivity contribution in [1.82, 2.24) is 9.78 Å². The van der Waals surface area contributed by atoms with Gasteiger partial charge >= 0.3 is 6.10 Å². The van der Waals surface area contributed by atoms with Crippen molar-refractivity contribution in [1.29, 1.82) is 0 Å². The molecule has 0 saturated carbocycles. The lowest BCUT2D eigenvalue weighted by Gasteiger charge is -2.18. The topological polar surface area (TPSA) is 78.5 Å². The van der Waals surface area contributed by atoms with E-state index in [4.69, 9.17) is 15.3 Å². The van der Waals surface area contributed by atoms with Crippen molar-refractivity contribution in [2.45, 2.75) is 25.9 Å². The molecule has 0 bridgehead atoms. The van der Waals surface area contributed by atoms with Crippen LogP contribution in [0, 0.1) is 5.82 Å². The van der Waals surface area contributed by atoms with E-state index in [0.29, 0.717) is 4.68 Å². The molecule has 74 valence electrons. The second-order valence-electron chi connectivity index (χ2n) is 3.04. The summed E-state index contributed by atoms with van der Waals surface area (Å²) in [4.78, 5) is 0. The molecule has 0 unspecified atom stereocenters. The fourth-order valence-corrected chi connectivity index (χ4v) is 1.10. The van der Waals surface area contributed by atoms with E-state index in [1.54, 1.807) is 13.8 Å². The molecule has 1 rings (SSSR count). The molecular weight excluding hydrogens is 179 g/mol. The van der Waals surface area contributed by atoms with Crippen LogP contribution in [0.3, 0.4) is 0 Å². The summed E-state index contributed by atoms with van der Waals surface area (Å²) in [5.41, 5.74) is -0.0625. The molecule has 3 N–H and O–H groups in total. The molecule has 0 aliphatic rings. The normalized spacial score (nSPS) is 12.5. The quantitative estimate of drug-likeness (QED) is 0.559. The van der Waals surface area contributed by atoms with Gasteiger partial charge in [-0.3, -0.25) is 0 Å². The van der Waals surface area contributed by atoms with E-state index in [1.807, 2.05) is 0 Å². The predicted octanol–water partition coefficient (Wildman–Crippen LogP) is -0.310. The predicted molar refractivity (Wildman–Crippen MR) is 40.9 cm³/mol. The number of hydrogen-bond donors (Lipinski definition) is 3. The first-order chi connectivity index (χ1) is 5.84. The first-order valence-electron chi connectivity index (χ1n) is 3.75. The maximum Gasteiger partial charge on any atom is 0.389 e. The van der Waals surface area contributed by atoms with Crippen molar-refractivity contribution in [2.75, 3.05) is 0 Å². The van der Waals surface area contributed by atoms with Gasteiger partial charge in [0.05, 0.1) is 11.9 Å². The number of aliphatic hydroxyl groups is 3. The summed E-state index contributed by atoms with van der Waals surface area (Å²) in [5, 5.41) is 29.6. The maximum absolute atomic E-state index is 13.0. The lowest BCUT2D eigenvalue weighted by Crippen LogP contribution is -2.35. The van der Waals surface area contributed by atoms with E-state index in [1.165, 1.54) is 0 Å². The fourth-order valence-electron chi connectivity index (χ4n) is 1.10. The van der Waals surface area contributed by atoms with Gasteiger partial charge in [0.1, 0.15) is 0 Å². The first-order valence-corrected chi connectivity index (χ1v) is 3.75. The van der Waals surface area contributed by atoms with Gasteiger partial charge in [-0.25, -0.2) is 4.39 Å². The highest BCUT2D eigenvalue weighted by Gasteiger charge is 2.28. The molecule has 13 heavy (non-hydrogen) atoms. The summed E-state index contributed by atoms with van der Waals surface area (Å²) in [5.74, 6) is -0.996. The van der Waals surface area contributed by atoms with Crippen LogP contribution in [0.25, 0.3) is 0 Å². The molecule has 0 atom stereocenters. The average Bonchev–Trinajstić information content (AvgIpc) is 2.28. The van der Waals surface area contributed by atoms with Gasteiger partial charge in [-0.05, 0) is 5.92 Å². The van der Waals surface area contributed by atoms with Gasteiger partial charge in [-0.15, -0.1) is 0 Å². The zero-order valence-corrected chi connectivity index (χ0v) is 7.27. The Balaban J connectivity index is 3.23. The van der Waals surface area contributed by atoms with Crippen molar-refractivity contribution in [3.63, 3.8) is 0 Å². The van der Waals surface area contributed by atoms with Crippen molar-refractivity contribution in [3.8, 4) is 0 Å². The number of hydrogen-bond acceptors (Lipinski definition) is 4. The van der Waals surface area contributed by atoms with Gasteiger partial charge in [0.15, 0.2) is 5.82 Å². The van der Waals surface area contributed by atoms with Gasteiger partial charge in [-0.1, -0.05) is 13.8 Å². The summed E-state index contributed by atoms with van der Waals surface area (Å²) < 4.78 is 13.4. The second kappa shape index (κ2) is 3.06. The average molecular weight is 190 g/mol. The standard InChI is InChI=1S/C7H11FN2O3/c1-4(2)6-5(8)3-9-10(6)7(11,12)13/h3-4,11-13H,1-2H3. The molecule has 0 saturated heterocycles. The van der Waals surface area contributed by atoms with E-state index >= 15 is 0 Å². The molecule has 5 nitrogen and oxygen atoms in total. The Bertz CT molecular complexity index is 303. The van der Waals surface area contributed by atoms with Crippen molar-refractivity contribution < 1.29 is 19.7 Å². The molecule has 0 aliphatic heterocycles. The Hall–Kier alpha value is -0.980. The Labute approximate surface area is 74.0 Å². The molecular formula is C7H11FN2O3. The van der Waals surface area contributed by atoms with Gasteiger partial charge < -0.3 is 15.3 Å². The summed E-state index contributed by atoms with van der Waals surface area (Å²) in [6.45, 7) is 3.28. The van der Waals surface area contributed by atoms with Crippen molar-refractivity contribution in [3.05, 3.63) is 17.7 Å². The van der Waals surface area contributed by atoms with Crippen LogP contribution < -0.4 is 0 Å². The molecule has 1 aromatic heterocycles. The minimum absolute atomic E-state index is 0.0625. The van der Waals surface area contributed by atoms with Crippen LogP contribution in [0.5, 0.6) is 0 Å². The van der Waals surface area contributed by atoms with Crippen LogP contribution >= 0.6 is 0 Å². The fraction of sp³-hybridized carbons (Fsp3) is 0.571. The molecule has 0 fully saturated rings. The minimum atomic E-state index is -3.15. The number of aromatic nitrogens is 2. The SMILES string of the molecule is CC(C)c1c(F)cnn1C(O)(O)O. The van der Waals surface area contributed by atoms with E-state index in [9.17, 15) is 4.39 Å². The van der Waals surface area contributed by atoms with Crippen LogP contribution in [0.2, 0.25) is 0 Å². The molecule has 0 aromatic carbocycles. The van der Waals surface area contributed by atoms with Crippen LogP contribution in [0.15, 0.2) is 6.20 Å². The third-order valence-electron chi connectivity index (χ3n) is 1.59.